The molecule has 0 aliphatic heterocycles. The van der Waals surface area contributed by atoms with Crippen molar-refractivity contribution in [1.29, 1.82) is 0 Å². The summed E-state index contributed by atoms with van der Waals surface area (Å²) in [5, 5.41) is 3.41. The van der Waals surface area contributed by atoms with Crippen molar-refractivity contribution in [3.63, 3.8) is 0 Å². The molecule has 1 heterocycles. The molecule has 0 saturated carbocycles. The molecule has 0 atom stereocenters. The molecule has 2 aromatic rings. The highest BCUT2D eigenvalue weighted by Crippen LogP contribution is 2.19. The van der Waals surface area contributed by atoms with E-state index in [-0.39, 0.29) is 25.0 Å². The minimum absolute atomic E-state index is 0.000864. The van der Waals surface area contributed by atoms with E-state index in [1.54, 1.807) is 31.2 Å². The van der Waals surface area contributed by atoms with Crippen LogP contribution in [0.1, 0.15) is 13.8 Å². The maximum absolute atomic E-state index is 12.2. The molecule has 0 bridgehead atoms. The second-order valence-electron chi connectivity index (χ2n) is 5.10. The number of fused-ring (bicyclic) bond motifs is 1. The molecule has 0 fully saturated rings. The van der Waals surface area contributed by atoms with Gasteiger partial charge in [0.15, 0.2) is 6.61 Å². The Bertz CT molecular complexity index is 784. The van der Waals surface area contributed by atoms with Crippen LogP contribution in [0.2, 0.25) is 0 Å². The van der Waals surface area contributed by atoms with Crippen LogP contribution in [-0.4, -0.2) is 43.0 Å². The van der Waals surface area contributed by atoms with E-state index in [2.05, 4.69) is 5.32 Å². The monoisotopic (exact) mass is 332 g/mol. The first kappa shape index (κ1) is 17.5. The van der Waals surface area contributed by atoms with Crippen molar-refractivity contribution >= 4 is 22.8 Å². The van der Waals surface area contributed by atoms with Crippen molar-refractivity contribution in [1.82, 2.24) is 10.2 Å². The number of amides is 2. The minimum Gasteiger partial charge on any atom is -0.484 e. The molecule has 0 saturated heterocycles. The first-order valence-electron chi connectivity index (χ1n) is 7.74. The number of likely N-dealkylation sites (N-methyl/N-ethyl adjacent to an activating group) is 2. The highest BCUT2D eigenvalue weighted by molar-refractivity contribution is 5.85. The van der Waals surface area contributed by atoms with Gasteiger partial charge in [0.25, 0.3) is 5.91 Å². The SMILES string of the molecule is CCNC(=O)CN(CC)C(=O)COc1ccc2ccc(=O)oc2c1. The van der Waals surface area contributed by atoms with Crippen LogP contribution in [0, 0.1) is 0 Å². The summed E-state index contributed by atoms with van der Waals surface area (Å²) >= 11 is 0. The van der Waals surface area contributed by atoms with Crippen molar-refractivity contribution < 1.29 is 18.7 Å². The maximum atomic E-state index is 12.2. The Hall–Kier alpha value is -2.83. The standard InChI is InChI=1S/C17H20N2O5/c1-3-18-15(20)10-19(4-2)16(21)11-23-13-7-5-12-6-8-17(22)24-14(12)9-13/h5-9H,3-4,10-11H2,1-2H3,(H,18,20). The summed E-state index contributed by atoms with van der Waals surface area (Å²) in [4.78, 5) is 36.4. The number of nitrogens with zero attached hydrogens (tertiary/aromatic N) is 1. The molecule has 0 aliphatic carbocycles. The van der Waals surface area contributed by atoms with E-state index in [1.807, 2.05) is 6.92 Å². The van der Waals surface area contributed by atoms with Crippen LogP contribution in [-0.2, 0) is 9.59 Å². The first-order valence-corrected chi connectivity index (χ1v) is 7.74. The quantitative estimate of drug-likeness (QED) is 0.769. The number of rotatable bonds is 7. The average molecular weight is 332 g/mol. The summed E-state index contributed by atoms with van der Waals surface area (Å²) in [5.74, 6) is -0.0854. The van der Waals surface area contributed by atoms with Gasteiger partial charge in [0.1, 0.15) is 11.3 Å². The zero-order chi connectivity index (χ0) is 17.5. The van der Waals surface area contributed by atoms with E-state index in [1.165, 1.54) is 11.0 Å². The van der Waals surface area contributed by atoms with E-state index >= 15 is 0 Å². The molecular formula is C17H20N2O5. The number of carbonyl (C=O) groups excluding carboxylic acids is 2. The fourth-order valence-corrected chi connectivity index (χ4v) is 2.17. The molecule has 0 aliphatic rings. The summed E-state index contributed by atoms with van der Waals surface area (Å²) in [7, 11) is 0. The van der Waals surface area contributed by atoms with Crippen LogP contribution in [0.25, 0.3) is 11.0 Å². The van der Waals surface area contributed by atoms with Gasteiger partial charge in [-0.1, -0.05) is 0 Å². The molecular weight excluding hydrogens is 312 g/mol. The lowest BCUT2D eigenvalue weighted by molar-refractivity contribution is -0.137. The molecule has 7 heteroatoms. The highest BCUT2D eigenvalue weighted by Gasteiger charge is 2.15. The minimum atomic E-state index is -0.449. The van der Waals surface area contributed by atoms with Crippen molar-refractivity contribution in [2.45, 2.75) is 13.8 Å². The van der Waals surface area contributed by atoms with E-state index < -0.39 is 5.63 Å². The number of nitrogens with one attached hydrogen (secondary N) is 1. The Labute approximate surface area is 139 Å². The number of carbonyl (C=O) groups is 2. The van der Waals surface area contributed by atoms with E-state index in [9.17, 15) is 14.4 Å². The maximum Gasteiger partial charge on any atom is 0.336 e. The van der Waals surface area contributed by atoms with Gasteiger partial charge >= 0.3 is 5.63 Å². The van der Waals surface area contributed by atoms with E-state index in [4.69, 9.17) is 9.15 Å². The van der Waals surface area contributed by atoms with Gasteiger partial charge in [-0.2, -0.15) is 0 Å². The number of benzene rings is 1. The summed E-state index contributed by atoms with van der Waals surface area (Å²) in [6.07, 6.45) is 0. The van der Waals surface area contributed by atoms with Crippen LogP contribution in [0.4, 0.5) is 0 Å². The van der Waals surface area contributed by atoms with Crippen molar-refractivity contribution in [3.05, 3.63) is 40.8 Å². The number of hydrogen-bond acceptors (Lipinski definition) is 5. The summed E-state index contributed by atoms with van der Waals surface area (Å²) < 4.78 is 10.5. The largest absolute Gasteiger partial charge is 0.484 e. The second-order valence-corrected chi connectivity index (χ2v) is 5.10. The smallest absolute Gasteiger partial charge is 0.336 e. The fraction of sp³-hybridized carbons (Fsp3) is 0.353. The van der Waals surface area contributed by atoms with Gasteiger partial charge in [-0.25, -0.2) is 4.79 Å². The van der Waals surface area contributed by atoms with E-state index in [0.717, 1.165) is 5.39 Å². The molecule has 2 rings (SSSR count). The fourth-order valence-electron chi connectivity index (χ4n) is 2.17. The third-order valence-electron chi connectivity index (χ3n) is 3.40. The Morgan fingerprint density at radius 1 is 1.21 bits per heavy atom. The van der Waals surface area contributed by atoms with Crippen LogP contribution >= 0.6 is 0 Å². The predicted octanol–water partition coefficient (Wildman–Crippen LogP) is 1.16. The Morgan fingerprint density at radius 3 is 2.67 bits per heavy atom. The van der Waals surface area contributed by atoms with Gasteiger partial charge in [0.05, 0.1) is 6.54 Å². The van der Waals surface area contributed by atoms with Crippen LogP contribution in [0.5, 0.6) is 5.75 Å². The average Bonchev–Trinajstić information content (AvgIpc) is 2.57. The van der Waals surface area contributed by atoms with Crippen molar-refractivity contribution in [2.75, 3.05) is 26.2 Å². The molecule has 1 aromatic carbocycles. The third kappa shape index (κ3) is 4.58. The number of hydrogen-bond donors (Lipinski definition) is 1. The summed E-state index contributed by atoms with van der Waals surface area (Å²) in [5.41, 5.74) is -0.0584. The molecule has 0 spiro atoms. The predicted molar refractivity (Wildman–Crippen MR) is 88.9 cm³/mol. The molecule has 128 valence electrons. The van der Waals surface area contributed by atoms with Crippen LogP contribution in [0.15, 0.2) is 39.5 Å². The van der Waals surface area contributed by atoms with Gasteiger partial charge in [0.2, 0.25) is 5.91 Å². The Morgan fingerprint density at radius 2 is 1.96 bits per heavy atom. The molecule has 2 amide bonds. The first-order chi connectivity index (χ1) is 11.5. The zero-order valence-electron chi connectivity index (χ0n) is 13.7. The molecule has 7 nitrogen and oxygen atoms in total. The summed E-state index contributed by atoms with van der Waals surface area (Å²) in [6.45, 7) is 4.34. The van der Waals surface area contributed by atoms with Gasteiger partial charge in [-0.3, -0.25) is 9.59 Å². The summed E-state index contributed by atoms with van der Waals surface area (Å²) in [6, 6.07) is 7.98. The molecule has 24 heavy (non-hydrogen) atoms. The lowest BCUT2D eigenvalue weighted by Crippen LogP contribution is -2.42. The topological polar surface area (TPSA) is 88.9 Å². The van der Waals surface area contributed by atoms with Crippen LogP contribution in [0.3, 0.4) is 0 Å². The van der Waals surface area contributed by atoms with E-state index in [0.29, 0.717) is 24.4 Å². The molecule has 1 aromatic heterocycles. The van der Waals surface area contributed by atoms with Crippen LogP contribution < -0.4 is 15.7 Å². The zero-order valence-corrected chi connectivity index (χ0v) is 13.7. The third-order valence-corrected chi connectivity index (χ3v) is 3.40. The van der Waals surface area contributed by atoms with Gasteiger partial charge in [-0.05, 0) is 32.0 Å². The van der Waals surface area contributed by atoms with Gasteiger partial charge < -0.3 is 19.4 Å². The van der Waals surface area contributed by atoms with Crippen molar-refractivity contribution in [2.24, 2.45) is 0 Å². The molecule has 1 N–H and O–H groups in total. The Kier molecular flexibility index (Phi) is 5.95. The van der Waals surface area contributed by atoms with Gasteiger partial charge in [-0.15, -0.1) is 0 Å². The lowest BCUT2D eigenvalue weighted by Gasteiger charge is -2.20. The van der Waals surface area contributed by atoms with Gasteiger partial charge in [0, 0.05) is 30.6 Å². The number of ether oxygens (including phenoxy) is 1. The lowest BCUT2D eigenvalue weighted by atomic mass is 10.2. The molecule has 0 radical (unpaired) electrons. The van der Waals surface area contributed by atoms with Crippen molar-refractivity contribution in [3.8, 4) is 5.75 Å². The second kappa shape index (κ2) is 8.14. The Balaban J connectivity index is 1.99. The molecule has 0 unspecified atom stereocenters. The highest BCUT2D eigenvalue weighted by atomic mass is 16.5. The normalized spacial score (nSPS) is 10.4.